The van der Waals surface area contributed by atoms with Gasteiger partial charge in [-0.25, -0.2) is 9.78 Å². The van der Waals surface area contributed by atoms with Gasteiger partial charge in [0.25, 0.3) is 5.91 Å². The van der Waals surface area contributed by atoms with E-state index in [0.29, 0.717) is 12.0 Å². The molecule has 5 nitrogen and oxygen atoms in total. The molecule has 0 saturated heterocycles. The van der Waals surface area contributed by atoms with Crippen LogP contribution < -0.4 is 5.32 Å². The summed E-state index contributed by atoms with van der Waals surface area (Å²) in [5.41, 5.74) is 2.87. The number of benzene rings is 2. The van der Waals surface area contributed by atoms with Gasteiger partial charge in [0.05, 0.1) is 28.8 Å². The van der Waals surface area contributed by atoms with E-state index < -0.39 is 12.0 Å². The summed E-state index contributed by atoms with van der Waals surface area (Å²) >= 11 is 1.56. The van der Waals surface area contributed by atoms with E-state index in [9.17, 15) is 9.59 Å². The third-order valence-electron chi connectivity index (χ3n) is 4.81. The number of thiophene rings is 1. The average Bonchev–Trinajstić information content (AvgIpc) is 3.33. The number of hydrogen-bond acceptors (Lipinski definition) is 5. The van der Waals surface area contributed by atoms with Crippen molar-refractivity contribution in [2.24, 2.45) is 0 Å². The summed E-state index contributed by atoms with van der Waals surface area (Å²) in [5.74, 6) is -0.818. The van der Waals surface area contributed by atoms with Crippen molar-refractivity contribution >= 4 is 34.1 Å². The number of carbonyl (C=O) groups excluding carboxylic acids is 2. The Morgan fingerprint density at radius 1 is 1.03 bits per heavy atom. The van der Waals surface area contributed by atoms with Crippen LogP contribution in [0.15, 0.2) is 78.2 Å². The first-order valence-electron chi connectivity index (χ1n) is 9.52. The highest BCUT2D eigenvalue weighted by molar-refractivity contribution is 7.13. The van der Waals surface area contributed by atoms with Gasteiger partial charge in [-0.2, -0.15) is 0 Å². The normalized spacial score (nSPS) is 11.8. The van der Waals surface area contributed by atoms with Gasteiger partial charge in [0, 0.05) is 11.8 Å². The number of carbonyl (C=O) groups is 2. The highest BCUT2D eigenvalue weighted by Crippen LogP contribution is 2.28. The molecule has 150 valence electrons. The van der Waals surface area contributed by atoms with Crippen molar-refractivity contribution in [1.29, 1.82) is 0 Å². The van der Waals surface area contributed by atoms with Crippen molar-refractivity contribution in [3.63, 3.8) is 0 Å². The molecule has 0 bridgehead atoms. The molecule has 2 aromatic carbocycles. The van der Waals surface area contributed by atoms with Crippen molar-refractivity contribution in [3.8, 4) is 10.6 Å². The third kappa shape index (κ3) is 4.23. The Morgan fingerprint density at radius 2 is 1.80 bits per heavy atom. The molecule has 0 saturated carbocycles. The van der Waals surface area contributed by atoms with Gasteiger partial charge < -0.3 is 10.1 Å². The summed E-state index contributed by atoms with van der Waals surface area (Å²) in [6.07, 6.45) is 0.347. The molecule has 1 unspecified atom stereocenters. The molecular weight excluding hydrogens is 396 g/mol. The molecule has 0 spiro atoms. The molecule has 30 heavy (non-hydrogen) atoms. The Kier molecular flexibility index (Phi) is 5.86. The van der Waals surface area contributed by atoms with Gasteiger partial charge in [-0.15, -0.1) is 11.3 Å². The van der Waals surface area contributed by atoms with Crippen molar-refractivity contribution in [1.82, 2.24) is 10.3 Å². The van der Waals surface area contributed by atoms with E-state index in [1.807, 2.05) is 72.1 Å². The number of ether oxygens (including phenoxy) is 1. The fourth-order valence-corrected chi connectivity index (χ4v) is 4.02. The molecule has 1 amide bonds. The summed E-state index contributed by atoms with van der Waals surface area (Å²) in [7, 11) is 1.32. The van der Waals surface area contributed by atoms with Gasteiger partial charge >= 0.3 is 5.97 Å². The number of methoxy groups -OCH3 is 1. The Hall–Kier alpha value is -3.51. The first-order chi connectivity index (χ1) is 14.7. The largest absolute Gasteiger partial charge is 0.467 e. The standard InChI is InChI=1S/C24H20N2O3S/c1-29-24(28)21(14-16-8-3-2-4-9-16)26-23(27)18-15-20(22-12-7-13-30-22)25-19-11-6-5-10-17(18)19/h2-13,15,21H,14H2,1H3,(H,26,27). The number of nitrogens with zero attached hydrogens (tertiary/aromatic N) is 1. The predicted molar refractivity (Wildman–Crippen MR) is 118 cm³/mol. The van der Waals surface area contributed by atoms with E-state index in [2.05, 4.69) is 5.32 Å². The van der Waals surface area contributed by atoms with Crippen LogP contribution in [0.5, 0.6) is 0 Å². The average molecular weight is 417 g/mol. The van der Waals surface area contributed by atoms with Crippen LogP contribution in [0.25, 0.3) is 21.5 Å². The molecule has 1 atom stereocenters. The van der Waals surface area contributed by atoms with Gasteiger partial charge in [0.1, 0.15) is 6.04 Å². The van der Waals surface area contributed by atoms with Gasteiger partial charge in [-0.1, -0.05) is 54.6 Å². The maximum Gasteiger partial charge on any atom is 0.328 e. The van der Waals surface area contributed by atoms with Crippen LogP contribution in [0.2, 0.25) is 0 Å². The van der Waals surface area contributed by atoms with Crippen LogP contribution in [0.3, 0.4) is 0 Å². The lowest BCUT2D eigenvalue weighted by atomic mass is 10.0. The second-order valence-electron chi connectivity index (χ2n) is 6.79. The SMILES string of the molecule is COC(=O)C(Cc1ccccc1)NC(=O)c1cc(-c2cccs2)nc2ccccc12. The number of aromatic nitrogens is 1. The molecule has 2 heterocycles. The lowest BCUT2D eigenvalue weighted by molar-refractivity contribution is -0.142. The minimum absolute atomic E-state index is 0.335. The van der Waals surface area contributed by atoms with Crippen LogP contribution in [-0.2, 0) is 16.0 Å². The predicted octanol–water partition coefficient (Wildman–Crippen LogP) is 4.48. The first kappa shape index (κ1) is 19.8. The maximum atomic E-state index is 13.3. The van der Waals surface area contributed by atoms with Gasteiger partial charge in [0.15, 0.2) is 0 Å². The monoisotopic (exact) mass is 416 g/mol. The number of esters is 1. The number of fused-ring (bicyclic) bond motifs is 1. The van der Waals surface area contributed by atoms with E-state index in [1.54, 1.807) is 17.4 Å². The molecule has 4 aromatic rings. The number of nitrogens with one attached hydrogen (secondary N) is 1. The molecular formula is C24H20N2O3S. The van der Waals surface area contributed by atoms with Crippen molar-refractivity contribution < 1.29 is 14.3 Å². The Bertz CT molecular complexity index is 1170. The number of pyridine rings is 1. The van der Waals surface area contributed by atoms with E-state index in [0.717, 1.165) is 27.0 Å². The second-order valence-corrected chi connectivity index (χ2v) is 7.74. The molecule has 0 aliphatic carbocycles. The van der Waals surface area contributed by atoms with Gasteiger partial charge in [0.2, 0.25) is 0 Å². The lowest BCUT2D eigenvalue weighted by Crippen LogP contribution is -2.43. The summed E-state index contributed by atoms with van der Waals surface area (Å²) in [4.78, 5) is 31.3. The Morgan fingerprint density at radius 3 is 2.53 bits per heavy atom. The summed E-state index contributed by atoms with van der Waals surface area (Å²) in [6, 6.07) is 21.9. The molecule has 2 aromatic heterocycles. The molecule has 0 radical (unpaired) electrons. The van der Waals surface area contributed by atoms with Gasteiger partial charge in [-0.05, 0) is 29.1 Å². The van der Waals surface area contributed by atoms with E-state index in [-0.39, 0.29) is 5.91 Å². The summed E-state index contributed by atoms with van der Waals surface area (Å²) in [5, 5.41) is 5.57. The lowest BCUT2D eigenvalue weighted by Gasteiger charge is -2.17. The second kappa shape index (κ2) is 8.88. The summed E-state index contributed by atoms with van der Waals surface area (Å²) < 4.78 is 4.93. The van der Waals surface area contributed by atoms with E-state index in [1.165, 1.54) is 7.11 Å². The zero-order valence-corrected chi connectivity index (χ0v) is 17.2. The maximum absolute atomic E-state index is 13.3. The highest BCUT2D eigenvalue weighted by atomic mass is 32.1. The zero-order chi connectivity index (χ0) is 20.9. The number of hydrogen-bond donors (Lipinski definition) is 1. The minimum Gasteiger partial charge on any atom is -0.467 e. The molecule has 6 heteroatoms. The van der Waals surface area contributed by atoms with Crippen molar-refractivity contribution in [3.05, 3.63) is 89.3 Å². The van der Waals surface area contributed by atoms with Crippen LogP contribution in [-0.4, -0.2) is 30.0 Å². The number of amides is 1. The van der Waals surface area contributed by atoms with Crippen LogP contribution in [0.4, 0.5) is 0 Å². The molecule has 1 N–H and O–H groups in total. The third-order valence-corrected chi connectivity index (χ3v) is 5.70. The quantitative estimate of drug-likeness (QED) is 0.471. The fraction of sp³-hybridized carbons (Fsp3) is 0.125. The summed E-state index contributed by atoms with van der Waals surface area (Å²) in [6.45, 7) is 0. The molecule has 4 rings (SSSR count). The van der Waals surface area contributed by atoms with E-state index >= 15 is 0 Å². The van der Waals surface area contributed by atoms with E-state index in [4.69, 9.17) is 9.72 Å². The fourth-order valence-electron chi connectivity index (χ4n) is 3.34. The minimum atomic E-state index is -0.790. The van der Waals surface area contributed by atoms with Crippen molar-refractivity contribution in [2.75, 3.05) is 7.11 Å². The van der Waals surface area contributed by atoms with Crippen LogP contribution in [0, 0.1) is 0 Å². The first-order valence-corrected chi connectivity index (χ1v) is 10.4. The number of para-hydroxylation sites is 1. The van der Waals surface area contributed by atoms with Crippen LogP contribution >= 0.6 is 11.3 Å². The highest BCUT2D eigenvalue weighted by Gasteiger charge is 2.24. The van der Waals surface area contributed by atoms with Gasteiger partial charge in [-0.3, -0.25) is 4.79 Å². The van der Waals surface area contributed by atoms with Crippen LogP contribution in [0.1, 0.15) is 15.9 Å². The Balaban J connectivity index is 1.69. The molecule has 0 fully saturated rings. The Labute approximate surface area is 178 Å². The number of rotatable bonds is 6. The topological polar surface area (TPSA) is 68.3 Å². The molecule has 0 aliphatic heterocycles. The molecule has 0 aliphatic rings. The zero-order valence-electron chi connectivity index (χ0n) is 16.4. The smallest absolute Gasteiger partial charge is 0.328 e. The van der Waals surface area contributed by atoms with Crippen molar-refractivity contribution in [2.45, 2.75) is 12.5 Å².